The van der Waals surface area contributed by atoms with Crippen LogP contribution in [0.4, 0.5) is 17.1 Å². The van der Waals surface area contributed by atoms with E-state index in [1.165, 1.54) is 57.4 Å². The van der Waals surface area contributed by atoms with Crippen LogP contribution in [0.2, 0.25) is 25.1 Å². The van der Waals surface area contributed by atoms with Crippen LogP contribution in [0.3, 0.4) is 0 Å². The first-order valence-electron chi connectivity index (χ1n) is 42.2. The fraction of sp³-hybridized carbons (Fsp3) is 0.262. The number of anilines is 3. The predicted molar refractivity (Wildman–Crippen MR) is 545 cm³/mol. The second-order valence-electron chi connectivity index (χ2n) is 30.2. The van der Waals surface area contributed by atoms with Gasteiger partial charge in [-0.05, 0) is 234 Å². The van der Waals surface area contributed by atoms with E-state index in [-0.39, 0.29) is 68.9 Å². The highest BCUT2D eigenvalue weighted by molar-refractivity contribution is 9.08. The number of H-pyrrole nitrogens is 1. The molecule has 4 aliphatic heterocycles. The van der Waals surface area contributed by atoms with Crippen molar-refractivity contribution in [3.8, 4) is 23.0 Å². The number of ether oxygens (including phenoxy) is 5. The minimum absolute atomic E-state index is 0. The number of rotatable bonds is 19. The highest BCUT2D eigenvalue weighted by atomic mass is 79.9. The Labute approximate surface area is 821 Å². The number of aromatic nitrogens is 2. The van der Waals surface area contributed by atoms with E-state index in [1.54, 1.807) is 128 Å². The maximum absolute atomic E-state index is 13.9. The number of methoxy groups -OCH3 is 4. The van der Waals surface area contributed by atoms with Crippen molar-refractivity contribution >= 4 is 170 Å². The summed E-state index contributed by atoms with van der Waals surface area (Å²) in [5, 5.41) is 7.10. The van der Waals surface area contributed by atoms with Crippen LogP contribution in [0.5, 0.6) is 23.0 Å². The molecular weight excluding hydrogens is 1920 g/mol. The lowest BCUT2D eigenvalue weighted by Gasteiger charge is -2.25. The van der Waals surface area contributed by atoms with Gasteiger partial charge in [-0.1, -0.05) is 225 Å². The molecule has 31 heteroatoms. The van der Waals surface area contributed by atoms with Crippen molar-refractivity contribution in [1.29, 1.82) is 0 Å². The van der Waals surface area contributed by atoms with E-state index in [4.69, 9.17) is 109 Å². The Hall–Kier alpha value is -11.8. The molecule has 23 nitrogen and oxygen atoms in total. The van der Waals surface area contributed by atoms with Gasteiger partial charge in [0.15, 0.2) is 0 Å². The molecule has 2 N–H and O–H groups in total. The van der Waals surface area contributed by atoms with Crippen molar-refractivity contribution in [2.24, 2.45) is 9.98 Å². The fourth-order valence-electron chi connectivity index (χ4n) is 14.6. The summed E-state index contributed by atoms with van der Waals surface area (Å²) in [5.74, 6) is 0.887. The summed E-state index contributed by atoms with van der Waals surface area (Å²) in [6, 6.07) is 67.5. The van der Waals surface area contributed by atoms with E-state index in [9.17, 15) is 38.4 Å². The third kappa shape index (κ3) is 28.6. The van der Waals surface area contributed by atoms with Gasteiger partial charge in [-0.2, -0.15) is 0 Å². The number of hydrogen-bond acceptors (Lipinski definition) is 17. The smallest absolute Gasteiger partial charge is 0.422 e. The Balaban J connectivity index is 0.000000183. The van der Waals surface area contributed by atoms with Crippen LogP contribution in [0.15, 0.2) is 262 Å². The summed E-state index contributed by atoms with van der Waals surface area (Å²) in [6.45, 7) is 12.2. The zero-order valence-electron chi connectivity index (χ0n) is 73.6. The average Bonchev–Trinajstić information content (AvgIpc) is 1.58. The van der Waals surface area contributed by atoms with Crippen LogP contribution in [-0.4, -0.2) is 104 Å². The first-order valence-corrected chi connectivity index (χ1v) is 46.0. The monoisotopic (exact) mass is 2020 g/mol. The van der Waals surface area contributed by atoms with Gasteiger partial charge in [-0.25, -0.2) is 19.2 Å². The summed E-state index contributed by atoms with van der Waals surface area (Å²) < 4.78 is 36.1. The van der Waals surface area contributed by atoms with Gasteiger partial charge < -0.3 is 52.5 Å². The Kier molecular flexibility index (Phi) is 40.8. The SMILES string of the molecule is C.C.C1CCOC1.CCc1ccc(CBr)cc1CC.CCc1ccc(CC2N=C(Cl)c3cc(Cl)ccc3N(Cc3ccc(OC)cc3)C2=O)cc1CC.COc1ccc(CN2C(=O)CN=C(Cl)c3cc(Cl)ccc32)cc1.COc1ccc(CN2C(=O)CNC(=O)c3cc(Cl)ccc32)cc1.COc1ccc(Cn2c(=O)oc(=O)c3cc(Cl)ccc32)cc1.O=c1[nH]c2ccc(Cl)cc2c(=O)o1. The number of fused-ring (bicyclic) bond motifs is 5. The zero-order chi connectivity index (χ0) is 94.7. The van der Waals surface area contributed by atoms with E-state index in [0.717, 1.165) is 95.0 Å². The normalized spacial score (nSPS) is 13.4. The third-order valence-corrected chi connectivity index (χ3v) is 24.0. The number of carbonyl (C=O) groups excluding carboxylic acids is 4. The minimum atomic E-state index is -0.764. The molecule has 17 rings (SSSR count). The van der Waals surface area contributed by atoms with Gasteiger partial charge >= 0.3 is 22.8 Å². The highest BCUT2D eigenvalue weighted by Crippen LogP contribution is 2.36. The number of aryl methyl sites for hydroxylation is 4. The molecule has 2 aromatic heterocycles. The van der Waals surface area contributed by atoms with Gasteiger partial charge in [-0.15, -0.1) is 0 Å². The van der Waals surface area contributed by atoms with Gasteiger partial charge in [0.2, 0.25) is 11.8 Å². The number of nitrogens with one attached hydrogen (secondary N) is 2. The molecule has 1 saturated heterocycles. The lowest BCUT2D eigenvalue weighted by Crippen LogP contribution is -2.38. The standard InChI is InChI=1S/C28H28Cl2N2O2.C17H14Cl2N2O2.C17H15ClN2O3.C16H12ClNO4.C11H15Br.C8H4ClNO3.C4H8O.2CH4/c1-4-20-9-6-19(14-21(20)5-2)15-25-28(33)32(17-18-7-11-23(34-3)12-8-18)26-13-10-22(29)16-24(26)27(30)31-25;1-23-13-5-2-11(3-6-13)10-21-15-7-4-12(18)8-14(15)17(19)20-9-16(21)22;1-23-13-5-2-11(3-6-13)10-20-15-7-4-12(18)8-14(15)17(22)19-9-16(20)21;1-21-12-5-2-10(3-6-12)9-18-14-7-4-11(17)8-13(14)15(19)22-16(18)20;1-3-10-6-5-9(8-12)7-11(10)4-2;9-4-1-2-6-5(3-4)7(11)13-8(12)10-6;1-2-4-5-3-1;;/h6-14,16,25H,4-5,15,17H2,1-3H3;2-8H,9-10H2,1H3;2-8H,9-10H2,1H3,(H,19,22);2-8H,9H2,1H3;5-7H,3-4,8H2,1-2H3;1-3H,(H,10,12);1-4H2;2*1H4. The van der Waals surface area contributed by atoms with Crippen molar-refractivity contribution in [3.05, 3.63) is 364 Å². The van der Waals surface area contributed by atoms with Crippen molar-refractivity contribution in [2.45, 2.75) is 125 Å². The second kappa shape index (κ2) is 51.6. The molecule has 0 spiro atoms. The largest absolute Gasteiger partial charge is 0.497 e. The molecule has 0 saturated carbocycles. The molecule has 4 aliphatic rings. The van der Waals surface area contributed by atoms with Crippen LogP contribution in [0, 0.1) is 0 Å². The van der Waals surface area contributed by atoms with Crippen molar-refractivity contribution in [3.63, 3.8) is 0 Å². The number of hydrogen-bond donors (Lipinski definition) is 2. The molecule has 1 fully saturated rings. The number of benzene rings is 11. The van der Waals surface area contributed by atoms with Gasteiger partial charge in [0.1, 0.15) is 45.9 Å². The quantitative estimate of drug-likeness (QED) is 0.0712. The summed E-state index contributed by atoms with van der Waals surface area (Å²) >= 11 is 46.2. The average molecular weight is 2020 g/mol. The highest BCUT2D eigenvalue weighted by Gasteiger charge is 2.33. The molecule has 6 heterocycles. The number of aliphatic imine (C=N–C) groups is 2. The van der Waals surface area contributed by atoms with Crippen LogP contribution in [0.25, 0.3) is 21.8 Å². The van der Waals surface area contributed by atoms with Crippen LogP contribution in [0.1, 0.15) is 133 Å². The molecule has 11 aromatic carbocycles. The molecule has 702 valence electrons. The van der Waals surface area contributed by atoms with Crippen molar-refractivity contribution in [1.82, 2.24) is 14.9 Å². The Morgan fingerprint density at radius 1 is 0.418 bits per heavy atom. The Bertz CT molecular complexity index is 6560. The van der Waals surface area contributed by atoms with E-state index in [2.05, 4.69) is 105 Å². The van der Waals surface area contributed by atoms with Crippen LogP contribution < -0.4 is 61.7 Å². The van der Waals surface area contributed by atoms with Crippen LogP contribution >= 0.6 is 97.1 Å². The molecule has 0 aliphatic carbocycles. The summed E-state index contributed by atoms with van der Waals surface area (Å²) in [4.78, 5) is 113. The molecular formula is C103H104BrCl7N8O15. The lowest BCUT2D eigenvalue weighted by atomic mass is 9.96. The van der Waals surface area contributed by atoms with E-state index in [0.29, 0.717) is 106 Å². The molecule has 4 amide bonds. The number of amides is 4. The van der Waals surface area contributed by atoms with E-state index >= 15 is 0 Å². The van der Waals surface area contributed by atoms with Gasteiger partial charge in [0.25, 0.3) is 11.8 Å². The number of halogens is 8. The number of alkyl halides is 1. The summed E-state index contributed by atoms with van der Waals surface area (Å²) in [5.41, 5.74) is 15.1. The Morgan fingerprint density at radius 2 is 0.821 bits per heavy atom. The number of benzodiazepines with no additional fused rings is 2. The maximum Gasteiger partial charge on any atom is 0.422 e. The number of aromatic amines is 1. The van der Waals surface area contributed by atoms with Gasteiger partial charge in [0.05, 0.1) is 106 Å². The molecule has 1 unspecified atom stereocenters. The second-order valence-corrected chi connectivity index (χ2v) is 33.6. The number of carbonyl (C=O) groups is 4. The van der Waals surface area contributed by atoms with Crippen LogP contribution in [-0.2, 0) is 82.7 Å². The third-order valence-electron chi connectivity index (χ3n) is 21.6. The predicted octanol–water partition coefficient (Wildman–Crippen LogP) is 22.7. The zero-order valence-corrected chi connectivity index (χ0v) is 80.5. The summed E-state index contributed by atoms with van der Waals surface area (Å²) in [6.07, 6.45) is 7.26. The van der Waals surface area contributed by atoms with Gasteiger partial charge in [0, 0.05) is 61.2 Å². The lowest BCUT2D eigenvalue weighted by molar-refractivity contribution is -0.120. The fourth-order valence-corrected chi connectivity index (χ4v) is 16.3. The van der Waals surface area contributed by atoms with E-state index in [1.807, 2.05) is 91.0 Å². The topological polar surface area (TPSA) is 276 Å². The van der Waals surface area contributed by atoms with Crippen molar-refractivity contribution in [2.75, 3.05) is 69.4 Å². The van der Waals surface area contributed by atoms with E-state index < -0.39 is 28.8 Å². The minimum Gasteiger partial charge on any atom is -0.497 e. The molecule has 0 bridgehead atoms. The van der Waals surface area contributed by atoms with Crippen molar-refractivity contribution < 1.29 is 51.7 Å². The number of nitrogens with zero attached hydrogens (tertiary/aromatic N) is 6. The first-order chi connectivity index (χ1) is 63.6. The maximum atomic E-state index is 13.9. The van der Waals surface area contributed by atoms with Gasteiger partial charge in [-0.3, -0.25) is 38.7 Å². The molecule has 13 aromatic rings. The molecule has 134 heavy (non-hydrogen) atoms. The Morgan fingerprint density at radius 3 is 1.30 bits per heavy atom. The molecule has 1 atom stereocenters. The summed E-state index contributed by atoms with van der Waals surface area (Å²) in [7, 11) is 6.44. The molecule has 0 radical (unpaired) electrons. The first kappa shape index (κ1) is 106.